The first-order valence-corrected chi connectivity index (χ1v) is 6.41. The monoisotopic (exact) mass is 220 g/mol. The molecule has 1 saturated heterocycles. The molecule has 1 aromatic heterocycles. The van der Waals surface area contributed by atoms with Crippen molar-refractivity contribution >= 4 is 0 Å². The Morgan fingerprint density at radius 2 is 2.12 bits per heavy atom. The van der Waals surface area contributed by atoms with E-state index >= 15 is 0 Å². The van der Waals surface area contributed by atoms with Crippen LogP contribution in [0.1, 0.15) is 56.3 Å². The molecule has 0 radical (unpaired) electrons. The van der Waals surface area contributed by atoms with Gasteiger partial charge in [0, 0.05) is 6.42 Å². The molecule has 1 aromatic rings. The number of fused-ring (bicyclic) bond motifs is 1. The Bertz CT molecular complexity index is 384. The molecular formula is C12H20N4. The molecule has 4 nitrogen and oxygen atoms in total. The van der Waals surface area contributed by atoms with Crippen LogP contribution in [0.4, 0.5) is 0 Å². The molecule has 2 atom stereocenters. The van der Waals surface area contributed by atoms with Gasteiger partial charge in [-0.2, -0.15) is 5.10 Å². The van der Waals surface area contributed by atoms with E-state index in [0.717, 1.165) is 12.2 Å². The minimum Gasteiger partial charge on any atom is -0.296 e. The van der Waals surface area contributed by atoms with Gasteiger partial charge in [-0.05, 0) is 46.2 Å². The van der Waals surface area contributed by atoms with E-state index in [1.54, 1.807) is 0 Å². The van der Waals surface area contributed by atoms with E-state index < -0.39 is 0 Å². The molecule has 0 aliphatic carbocycles. The molecule has 88 valence electrons. The highest BCUT2D eigenvalue weighted by Gasteiger charge is 2.28. The number of likely N-dealkylation sites (tertiary alicyclic amines) is 1. The third kappa shape index (κ3) is 1.56. The standard InChI is InChI=1S/C12H20N4/c1-9-5-3-7-11-13-12(14-16(9)11)10-6-4-8-15(10)2/h9-10H,3-8H2,1-2H3. The average Bonchev–Trinajstić information content (AvgIpc) is 2.84. The van der Waals surface area contributed by atoms with Crippen molar-refractivity contribution in [2.45, 2.75) is 51.1 Å². The van der Waals surface area contributed by atoms with Crippen LogP contribution in [-0.2, 0) is 6.42 Å². The molecule has 1 fully saturated rings. The molecule has 3 heterocycles. The summed E-state index contributed by atoms with van der Waals surface area (Å²) in [5, 5.41) is 4.73. The first-order chi connectivity index (χ1) is 7.75. The van der Waals surface area contributed by atoms with Gasteiger partial charge < -0.3 is 0 Å². The molecule has 0 amide bonds. The summed E-state index contributed by atoms with van der Waals surface area (Å²) >= 11 is 0. The van der Waals surface area contributed by atoms with Crippen molar-refractivity contribution in [2.75, 3.05) is 13.6 Å². The van der Waals surface area contributed by atoms with E-state index in [1.807, 2.05) is 0 Å². The Morgan fingerprint density at radius 1 is 1.25 bits per heavy atom. The fraction of sp³-hybridized carbons (Fsp3) is 0.833. The van der Waals surface area contributed by atoms with Gasteiger partial charge in [-0.15, -0.1) is 0 Å². The lowest BCUT2D eigenvalue weighted by atomic mass is 10.1. The zero-order chi connectivity index (χ0) is 11.1. The van der Waals surface area contributed by atoms with E-state index in [9.17, 15) is 0 Å². The minimum atomic E-state index is 0.463. The molecule has 0 bridgehead atoms. The highest BCUT2D eigenvalue weighted by molar-refractivity contribution is 5.03. The van der Waals surface area contributed by atoms with Crippen molar-refractivity contribution in [3.63, 3.8) is 0 Å². The van der Waals surface area contributed by atoms with Crippen molar-refractivity contribution in [3.8, 4) is 0 Å². The van der Waals surface area contributed by atoms with Gasteiger partial charge in [-0.3, -0.25) is 4.90 Å². The average molecular weight is 220 g/mol. The molecule has 2 unspecified atom stereocenters. The van der Waals surface area contributed by atoms with Crippen LogP contribution >= 0.6 is 0 Å². The van der Waals surface area contributed by atoms with Crippen molar-refractivity contribution in [2.24, 2.45) is 0 Å². The van der Waals surface area contributed by atoms with Gasteiger partial charge in [-0.25, -0.2) is 9.67 Å². The Morgan fingerprint density at radius 3 is 2.81 bits per heavy atom. The summed E-state index contributed by atoms with van der Waals surface area (Å²) in [6, 6.07) is 1.00. The lowest BCUT2D eigenvalue weighted by Crippen LogP contribution is -2.19. The number of aromatic nitrogens is 3. The smallest absolute Gasteiger partial charge is 0.168 e. The number of rotatable bonds is 1. The van der Waals surface area contributed by atoms with Crippen LogP contribution < -0.4 is 0 Å². The molecule has 2 aliphatic heterocycles. The van der Waals surface area contributed by atoms with Crippen molar-refractivity contribution in [3.05, 3.63) is 11.6 Å². The SMILES string of the molecule is CC1CCCc2nc(C3CCCN3C)nn21. The maximum atomic E-state index is 4.74. The van der Waals surface area contributed by atoms with Crippen LogP contribution in [-0.4, -0.2) is 33.3 Å². The third-order valence-electron chi connectivity index (χ3n) is 3.98. The molecule has 4 heteroatoms. The predicted molar refractivity (Wildman–Crippen MR) is 62.3 cm³/mol. The second-order valence-electron chi connectivity index (χ2n) is 5.21. The lowest BCUT2D eigenvalue weighted by molar-refractivity contribution is 0.302. The second-order valence-corrected chi connectivity index (χ2v) is 5.21. The first kappa shape index (κ1) is 10.3. The molecule has 0 spiro atoms. The van der Waals surface area contributed by atoms with Gasteiger partial charge >= 0.3 is 0 Å². The van der Waals surface area contributed by atoms with Crippen LogP contribution in [0.15, 0.2) is 0 Å². The van der Waals surface area contributed by atoms with Crippen molar-refractivity contribution < 1.29 is 0 Å². The van der Waals surface area contributed by atoms with Crippen LogP contribution in [0.25, 0.3) is 0 Å². The number of nitrogens with zero attached hydrogens (tertiary/aromatic N) is 4. The molecule has 0 aromatic carbocycles. The summed E-state index contributed by atoms with van der Waals surface area (Å²) in [5.74, 6) is 2.26. The maximum Gasteiger partial charge on any atom is 0.168 e. The normalized spacial score (nSPS) is 30.6. The second kappa shape index (κ2) is 3.84. The fourth-order valence-corrected chi connectivity index (χ4v) is 2.95. The lowest BCUT2D eigenvalue weighted by Gasteiger charge is -2.19. The van der Waals surface area contributed by atoms with Crippen LogP contribution in [0.2, 0.25) is 0 Å². The van der Waals surface area contributed by atoms with Crippen LogP contribution in [0.5, 0.6) is 0 Å². The maximum absolute atomic E-state index is 4.74. The topological polar surface area (TPSA) is 34.0 Å². The van der Waals surface area contributed by atoms with E-state index in [4.69, 9.17) is 10.1 Å². The zero-order valence-electron chi connectivity index (χ0n) is 10.2. The van der Waals surface area contributed by atoms with E-state index in [1.165, 1.54) is 38.1 Å². The number of hydrogen-bond acceptors (Lipinski definition) is 3. The minimum absolute atomic E-state index is 0.463. The predicted octanol–water partition coefficient (Wildman–Crippen LogP) is 1.94. The Labute approximate surface area is 96.7 Å². The number of aryl methyl sites for hydroxylation is 1. The van der Waals surface area contributed by atoms with E-state index in [2.05, 4.69) is 23.6 Å². The quantitative estimate of drug-likeness (QED) is 0.725. The van der Waals surface area contributed by atoms with Gasteiger partial charge in [0.05, 0.1) is 12.1 Å². The summed E-state index contributed by atoms with van der Waals surface area (Å²) in [5.41, 5.74) is 0. The largest absolute Gasteiger partial charge is 0.296 e. The Balaban J connectivity index is 1.91. The molecule has 0 saturated carbocycles. The first-order valence-electron chi connectivity index (χ1n) is 6.41. The van der Waals surface area contributed by atoms with Gasteiger partial charge in [0.2, 0.25) is 0 Å². The highest BCUT2D eigenvalue weighted by atomic mass is 15.4. The zero-order valence-corrected chi connectivity index (χ0v) is 10.2. The van der Waals surface area contributed by atoms with Gasteiger partial charge in [-0.1, -0.05) is 0 Å². The molecule has 16 heavy (non-hydrogen) atoms. The van der Waals surface area contributed by atoms with E-state index in [-0.39, 0.29) is 0 Å². The van der Waals surface area contributed by atoms with Crippen molar-refractivity contribution in [1.29, 1.82) is 0 Å². The van der Waals surface area contributed by atoms with Crippen molar-refractivity contribution in [1.82, 2.24) is 19.7 Å². The summed E-state index contributed by atoms with van der Waals surface area (Å²) < 4.78 is 2.16. The third-order valence-corrected chi connectivity index (χ3v) is 3.98. The summed E-state index contributed by atoms with van der Waals surface area (Å²) in [7, 11) is 2.18. The Hall–Kier alpha value is -0.900. The molecule has 0 N–H and O–H groups in total. The highest BCUT2D eigenvalue weighted by Crippen LogP contribution is 2.30. The summed E-state index contributed by atoms with van der Waals surface area (Å²) in [6.07, 6.45) is 6.11. The summed E-state index contributed by atoms with van der Waals surface area (Å²) in [4.78, 5) is 7.12. The van der Waals surface area contributed by atoms with Gasteiger partial charge in [0.25, 0.3) is 0 Å². The Kier molecular flexibility index (Phi) is 2.46. The van der Waals surface area contributed by atoms with Crippen LogP contribution in [0.3, 0.4) is 0 Å². The molecule has 3 rings (SSSR count). The van der Waals surface area contributed by atoms with Gasteiger partial charge in [0.15, 0.2) is 5.82 Å². The van der Waals surface area contributed by atoms with E-state index in [0.29, 0.717) is 12.1 Å². The fourth-order valence-electron chi connectivity index (χ4n) is 2.95. The molecular weight excluding hydrogens is 200 g/mol. The summed E-state index contributed by atoms with van der Waals surface area (Å²) in [6.45, 7) is 3.43. The number of hydrogen-bond donors (Lipinski definition) is 0. The van der Waals surface area contributed by atoms with Crippen LogP contribution in [0, 0.1) is 0 Å². The van der Waals surface area contributed by atoms with Gasteiger partial charge in [0.1, 0.15) is 5.82 Å². The molecule has 2 aliphatic rings.